The second kappa shape index (κ2) is 5.18. The van der Waals surface area contributed by atoms with Gasteiger partial charge in [0.05, 0.1) is 6.04 Å². The molecule has 4 heteroatoms. The summed E-state index contributed by atoms with van der Waals surface area (Å²) < 4.78 is 12.9. The van der Waals surface area contributed by atoms with E-state index >= 15 is 0 Å². The summed E-state index contributed by atoms with van der Waals surface area (Å²) >= 11 is 0. The fraction of sp³-hybridized carbons (Fsp3) is 0.200. The Bertz CT molecular complexity index is 599. The lowest BCUT2D eigenvalue weighted by Crippen LogP contribution is -2.07. The number of rotatable bonds is 3. The molecule has 0 bridgehead atoms. The van der Waals surface area contributed by atoms with Crippen molar-refractivity contribution < 1.29 is 14.6 Å². The molecule has 3 nitrogen and oxygen atoms in total. The van der Waals surface area contributed by atoms with Crippen LogP contribution in [0.2, 0.25) is 0 Å². The first kappa shape index (κ1) is 13.2. The lowest BCUT2D eigenvalue weighted by Gasteiger charge is -2.17. The second-order valence-electron chi connectivity index (χ2n) is 4.57. The zero-order chi connectivity index (χ0) is 14.0. The smallest absolute Gasteiger partial charge is 0.126 e. The number of aryl methyl sites for hydroxylation is 1. The van der Waals surface area contributed by atoms with Crippen molar-refractivity contribution in [3.63, 3.8) is 0 Å². The minimum atomic E-state index is -0.464. The Labute approximate surface area is 111 Å². The molecule has 0 fully saturated rings. The average Bonchev–Trinajstić information content (AvgIpc) is 2.33. The zero-order valence-corrected chi connectivity index (χ0v) is 10.8. The summed E-state index contributed by atoms with van der Waals surface area (Å²) in [6.45, 7) is 3.68. The summed E-state index contributed by atoms with van der Waals surface area (Å²) in [5.74, 6) is -0.299. The second-order valence-corrected chi connectivity index (χ2v) is 4.57. The van der Waals surface area contributed by atoms with Crippen molar-refractivity contribution in [3.8, 4) is 11.5 Å². The molecule has 1 unspecified atom stereocenters. The van der Waals surface area contributed by atoms with Crippen LogP contribution in [0, 0.1) is 12.7 Å². The highest BCUT2D eigenvalue weighted by Crippen LogP contribution is 2.29. The maximum atomic E-state index is 12.9. The normalized spacial score (nSPS) is 12.2. The fourth-order valence-corrected chi connectivity index (χ4v) is 1.96. The van der Waals surface area contributed by atoms with Crippen LogP contribution in [0.3, 0.4) is 0 Å². The molecule has 0 aliphatic heterocycles. The van der Waals surface area contributed by atoms with Crippen LogP contribution in [0.15, 0.2) is 36.4 Å². The molecule has 100 valence electrons. The van der Waals surface area contributed by atoms with E-state index in [1.807, 2.05) is 13.0 Å². The Kier molecular flexibility index (Phi) is 3.60. The number of hydrogen-bond donors (Lipinski definition) is 3. The van der Waals surface area contributed by atoms with Gasteiger partial charge in [0.25, 0.3) is 0 Å². The first-order valence-electron chi connectivity index (χ1n) is 6.02. The van der Waals surface area contributed by atoms with Crippen molar-refractivity contribution in [1.29, 1.82) is 0 Å². The number of anilines is 1. The summed E-state index contributed by atoms with van der Waals surface area (Å²) in [5, 5.41) is 22.4. The molecule has 2 rings (SSSR count). The van der Waals surface area contributed by atoms with E-state index in [0.717, 1.165) is 17.3 Å². The van der Waals surface area contributed by atoms with Crippen molar-refractivity contribution >= 4 is 5.69 Å². The molecular formula is C15H16FNO2. The largest absolute Gasteiger partial charge is 0.508 e. The van der Waals surface area contributed by atoms with Gasteiger partial charge in [-0.25, -0.2) is 4.39 Å². The van der Waals surface area contributed by atoms with Crippen LogP contribution < -0.4 is 5.32 Å². The summed E-state index contributed by atoms with van der Waals surface area (Å²) in [5.41, 5.74) is 2.21. The van der Waals surface area contributed by atoms with Crippen molar-refractivity contribution in [3.05, 3.63) is 53.3 Å². The van der Waals surface area contributed by atoms with Crippen molar-refractivity contribution in [2.24, 2.45) is 0 Å². The maximum absolute atomic E-state index is 12.9. The molecule has 2 aromatic carbocycles. The third-order valence-corrected chi connectivity index (χ3v) is 3.04. The Morgan fingerprint density at radius 2 is 1.79 bits per heavy atom. The molecule has 0 aliphatic rings. The van der Waals surface area contributed by atoms with E-state index in [4.69, 9.17) is 0 Å². The van der Waals surface area contributed by atoms with Gasteiger partial charge in [0.15, 0.2) is 0 Å². The number of phenolic OH excluding ortho intramolecular Hbond substituents is 2. The molecule has 1 atom stereocenters. The van der Waals surface area contributed by atoms with Crippen LogP contribution in [0.4, 0.5) is 10.1 Å². The van der Waals surface area contributed by atoms with E-state index in [-0.39, 0.29) is 17.5 Å². The third kappa shape index (κ3) is 2.96. The third-order valence-electron chi connectivity index (χ3n) is 3.04. The predicted molar refractivity (Wildman–Crippen MR) is 72.9 cm³/mol. The first-order chi connectivity index (χ1) is 8.97. The van der Waals surface area contributed by atoms with Gasteiger partial charge in [0.1, 0.15) is 17.3 Å². The molecule has 0 aromatic heterocycles. The highest BCUT2D eigenvalue weighted by atomic mass is 19.1. The Morgan fingerprint density at radius 3 is 2.42 bits per heavy atom. The van der Waals surface area contributed by atoms with Crippen LogP contribution >= 0.6 is 0 Å². The Morgan fingerprint density at radius 1 is 1.05 bits per heavy atom. The summed E-state index contributed by atoms with van der Waals surface area (Å²) in [4.78, 5) is 0. The number of benzene rings is 2. The summed E-state index contributed by atoms with van der Waals surface area (Å²) in [7, 11) is 0. The quantitative estimate of drug-likeness (QED) is 0.738. The van der Waals surface area contributed by atoms with Gasteiger partial charge in [-0.3, -0.25) is 0 Å². The minimum absolute atomic E-state index is 0.0736. The van der Waals surface area contributed by atoms with Gasteiger partial charge in [-0.05, 0) is 43.7 Å². The molecule has 0 saturated heterocycles. The van der Waals surface area contributed by atoms with E-state index in [9.17, 15) is 14.6 Å². The van der Waals surface area contributed by atoms with E-state index in [1.165, 1.54) is 6.07 Å². The van der Waals surface area contributed by atoms with Crippen molar-refractivity contribution in [2.45, 2.75) is 19.9 Å². The lowest BCUT2D eigenvalue weighted by atomic mass is 10.1. The number of hydrogen-bond acceptors (Lipinski definition) is 3. The van der Waals surface area contributed by atoms with E-state index in [1.54, 1.807) is 25.1 Å². The number of phenols is 2. The van der Waals surface area contributed by atoms with Crippen molar-refractivity contribution in [1.82, 2.24) is 0 Å². The fourth-order valence-electron chi connectivity index (χ4n) is 1.96. The molecule has 0 amide bonds. The molecule has 0 saturated carbocycles. The zero-order valence-electron chi connectivity index (χ0n) is 10.8. The average molecular weight is 261 g/mol. The number of nitrogens with one attached hydrogen (secondary N) is 1. The highest BCUT2D eigenvalue weighted by Gasteiger charge is 2.11. The highest BCUT2D eigenvalue weighted by molar-refractivity contribution is 5.52. The van der Waals surface area contributed by atoms with E-state index in [0.29, 0.717) is 5.56 Å². The molecule has 19 heavy (non-hydrogen) atoms. The number of halogens is 1. The van der Waals surface area contributed by atoms with E-state index in [2.05, 4.69) is 5.32 Å². The lowest BCUT2D eigenvalue weighted by molar-refractivity contribution is 0.459. The summed E-state index contributed by atoms with van der Waals surface area (Å²) in [6, 6.07) is 8.95. The summed E-state index contributed by atoms with van der Waals surface area (Å²) in [6.07, 6.45) is 0. The minimum Gasteiger partial charge on any atom is -0.508 e. The Balaban J connectivity index is 2.20. The topological polar surface area (TPSA) is 52.5 Å². The van der Waals surface area contributed by atoms with E-state index < -0.39 is 5.82 Å². The number of aromatic hydroxyl groups is 2. The molecule has 3 N–H and O–H groups in total. The van der Waals surface area contributed by atoms with Gasteiger partial charge >= 0.3 is 0 Å². The molecule has 0 heterocycles. The maximum Gasteiger partial charge on any atom is 0.126 e. The monoisotopic (exact) mass is 261 g/mol. The van der Waals surface area contributed by atoms with Gasteiger partial charge in [-0.2, -0.15) is 0 Å². The molecule has 2 aromatic rings. The molecular weight excluding hydrogens is 245 g/mol. The van der Waals surface area contributed by atoms with Crippen LogP contribution in [-0.4, -0.2) is 10.2 Å². The Hall–Kier alpha value is -2.23. The molecule has 0 aliphatic carbocycles. The van der Waals surface area contributed by atoms with Gasteiger partial charge in [0.2, 0.25) is 0 Å². The van der Waals surface area contributed by atoms with Gasteiger partial charge in [0, 0.05) is 17.3 Å². The standard InChI is InChI=1S/C15H16FNO2/c1-9-7-12(4-6-14(9)18)17-10(2)13-5-3-11(16)8-15(13)19/h3-8,10,17-19H,1-2H3. The van der Waals surface area contributed by atoms with Gasteiger partial charge in [-0.1, -0.05) is 6.07 Å². The van der Waals surface area contributed by atoms with Crippen LogP contribution in [0.5, 0.6) is 11.5 Å². The molecule has 0 spiro atoms. The van der Waals surface area contributed by atoms with Crippen LogP contribution in [0.25, 0.3) is 0 Å². The van der Waals surface area contributed by atoms with Gasteiger partial charge in [-0.15, -0.1) is 0 Å². The van der Waals surface area contributed by atoms with Crippen LogP contribution in [0.1, 0.15) is 24.1 Å². The molecule has 0 radical (unpaired) electrons. The van der Waals surface area contributed by atoms with Gasteiger partial charge < -0.3 is 15.5 Å². The predicted octanol–water partition coefficient (Wildman–Crippen LogP) is 3.72. The first-order valence-corrected chi connectivity index (χ1v) is 6.02. The SMILES string of the molecule is Cc1cc(NC(C)c2ccc(F)cc2O)ccc1O. The van der Waals surface area contributed by atoms with Crippen molar-refractivity contribution in [2.75, 3.05) is 5.32 Å². The van der Waals surface area contributed by atoms with Crippen LogP contribution in [-0.2, 0) is 0 Å².